The van der Waals surface area contributed by atoms with Crippen LogP contribution in [0.25, 0.3) is 0 Å². The fourth-order valence-corrected chi connectivity index (χ4v) is 5.17. The molecule has 0 radical (unpaired) electrons. The fourth-order valence-electron chi connectivity index (χ4n) is 5.17. The highest BCUT2D eigenvalue weighted by Crippen LogP contribution is 2.43. The fraction of sp³-hybridized carbons (Fsp3) is 0.267. The standard InChI is InChI=1S/C30H30N4O6/c1-19-8-13-24-23(16-19)30(40-29(38)33-24)14-15-34(18-30)27(36)25(17-20-6-4-3-5-7-20)32-26(35)21-9-11-22(12-10-21)31-28(37)39-2/h3-13,16,25H,14-15,17-18H2,1-2H3,(H,31,37)(H,32,35)(H,33,38)/t25-,30+/m0/s1. The first kappa shape index (κ1) is 26.7. The Kier molecular flexibility index (Phi) is 7.41. The van der Waals surface area contributed by atoms with Crippen molar-refractivity contribution >= 4 is 35.4 Å². The molecule has 0 aliphatic carbocycles. The molecule has 0 bridgehead atoms. The Morgan fingerprint density at radius 1 is 1.07 bits per heavy atom. The van der Waals surface area contributed by atoms with Crippen molar-refractivity contribution < 1.29 is 28.7 Å². The van der Waals surface area contributed by atoms with Crippen LogP contribution in [0.2, 0.25) is 0 Å². The number of nitrogens with zero attached hydrogens (tertiary/aromatic N) is 1. The van der Waals surface area contributed by atoms with Gasteiger partial charge in [0.1, 0.15) is 6.04 Å². The maximum Gasteiger partial charge on any atom is 0.412 e. The molecule has 4 amide bonds. The Hall–Kier alpha value is -4.86. The van der Waals surface area contributed by atoms with Crippen molar-refractivity contribution in [3.63, 3.8) is 0 Å². The SMILES string of the molecule is COC(=O)Nc1ccc(C(=O)N[C@@H](Cc2ccccc2)C(=O)N2CC[C@]3(C2)OC(=O)Nc2ccc(C)cc23)cc1. The van der Waals surface area contributed by atoms with Gasteiger partial charge in [0.15, 0.2) is 5.60 Å². The first-order chi connectivity index (χ1) is 19.3. The van der Waals surface area contributed by atoms with E-state index in [4.69, 9.17) is 4.74 Å². The van der Waals surface area contributed by atoms with Gasteiger partial charge < -0.3 is 19.7 Å². The minimum atomic E-state index is -0.955. The molecule has 0 unspecified atom stereocenters. The zero-order valence-corrected chi connectivity index (χ0v) is 22.2. The molecule has 5 rings (SSSR count). The van der Waals surface area contributed by atoms with Gasteiger partial charge in [-0.2, -0.15) is 0 Å². The molecule has 3 N–H and O–H groups in total. The average Bonchev–Trinajstić information content (AvgIpc) is 3.37. The molecule has 0 saturated carbocycles. The normalized spacial score (nSPS) is 18.2. The third-order valence-corrected chi connectivity index (χ3v) is 7.20. The second kappa shape index (κ2) is 11.1. The third-order valence-electron chi connectivity index (χ3n) is 7.20. The zero-order chi connectivity index (χ0) is 28.3. The van der Waals surface area contributed by atoms with Gasteiger partial charge in [-0.1, -0.05) is 42.0 Å². The van der Waals surface area contributed by atoms with Crippen molar-refractivity contribution in [3.8, 4) is 0 Å². The molecular formula is C30H30N4O6. The average molecular weight is 543 g/mol. The van der Waals surface area contributed by atoms with E-state index in [0.717, 1.165) is 16.7 Å². The lowest BCUT2D eigenvalue weighted by Gasteiger charge is -2.36. The number of ether oxygens (including phenoxy) is 2. The Balaban J connectivity index is 1.36. The first-order valence-electron chi connectivity index (χ1n) is 13.0. The van der Waals surface area contributed by atoms with Crippen molar-refractivity contribution in [2.75, 3.05) is 30.8 Å². The molecule has 1 saturated heterocycles. The van der Waals surface area contributed by atoms with Gasteiger partial charge in [-0.3, -0.25) is 20.2 Å². The maximum atomic E-state index is 13.9. The molecule has 2 heterocycles. The Morgan fingerprint density at radius 2 is 1.82 bits per heavy atom. The summed E-state index contributed by atoms with van der Waals surface area (Å²) in [6.07, 6.45) is -0.437. The summed E-state index contributed by atoms with van der Waals surface area (Å²) in [5, 5.41) is 8.18. The Labute approximate surface area is 231 Å². The molecule has 1 fully saturated rings. The minimum absolute atomic E-state index is 0.185. The van der Waals surface area contributed by atoms with E-state index < -0.39 is 29.7 Å². The van der Waals surface area contributed by atoms with Crippen molar-refractivity contribution in [2.24, 2.45) is 0 Å². The molecule has 10 nitrogen and oxygen atoms in total. The summed E-state index contributed by atoms with van der Waals surface area (Å²) in [7, 11) is 1.26. The van der Waals surface area contributed by atoms with E-state index in [1.165, 1.54) is 7.11 Å². The molecule has 1 spiro atoms. The second-order valence-electron chi connectivity index (χ2n) is 9.98. The van der Waals surface area contributed by atoms with Gasteiger partial charge in [0.2, 0.25) is 5.91 Å². The molecule has 10 heteroatoms. The molecule has 2 aliphatic rings. The van der Waals surface area contributed by atoms with Crippen LogP contribution in [0.15, 0.2) is 72.8 Å². The van der Waals surface area contributed by atoms with Crippen molar-refractivity contribution in [1.82, 2.24) is 10.2 Å². The lowest BCUT2D eigenvalue weighted by Crippen LogP contribution is -2.50. The number of amides is 4. The molecule has 206 valence electrons. The van der Waals surface area contributed by atoms with E-state index >= 15 is 0 Å². The predicted octanol–water partition coefficient (Wildman–Crippen LogP) is 4.20. The van der Waals surface area contributed by atoms with Gasteiger partial charge in [0.25, 0.3) is 5.91 Å². The minimum Gasteiger partial charge on any atom is -0.453 e. The lowest BCUT2D eigenvalue weighted by atomic mass is 9.89. The quantitative estimate of drug-likeness (QED) is 0.429. The van der Waals surface area contributed by atoms with E-state index in [2.05, 4.69) is 20.7 Å². The Morgan fingerprint density at radius 3 is 2.55 bits per heavy atom. The van der Waals surface area contributed by atoms with Gasteiger partial charge in [0.05, 0.1) is 19.3 Å². The smallest absolute Gasteiger partial charge is 0.412 e. The highest BCUT2D eigenvalue weighted by Gasteiger charge is 2.49. The summed E-state index contributed by atoms with van der Waals surface area (Å²) in [6, 6.07) is 20.6. The summed E-state index contributed by atoms with van der Waals surface area (Å²) < 4.78 is 10.4. The number of hydrogen-bond acceptors (Lipinski definition) is 6. The van der Waals surface area contributed by atoms with Crippen LogP contribution < -0.4 is 16.0 Å². The van der Waals surface area contributed by atoms with Crippen LogP contribution in [0.5, 0.6) is 0 Å². The number of likely N-dealkylation sites (tertiary alicyclic amines) is 1. The molecule has 2 atom stereocenters. The number of methoxy groups -OCH3 is 1. The number of aryl methyl sites for hydroxylation is 1. The van der Waals surface area contributed by atoms with Crippen LogP contribution in [0.1, 0.15) is 33.5 Å². The summed E-state index contributed by atoms with van der Waals surface area (Å²) in [6.45, 7) is 2.52. The third kappa shape index (κ3) is 5.61. The number of benzene rings is 3. The van der Waals surface area contributed by atoms with Crippen LogP contribution >= 0.6 is 0 Å². The van der Waals surface area contributed by atoms with Gasteiger partial charge >= 0.3 is 12.2 Å². The molecular weight excluding hydrogens is 512 g/mol. The number of nitrogens with one attached hydrogen (secondary N) is 3. The molecule has 3 aromatic carbocycles. The zero-order valence-electron chi connectivity index (χ0n) is 22.2. The summed E-state index contributed by atoms with van der Waals surface area (Å²) in [5.41, 5.74) is 3.27. The first-order valence-corrected chi connectivity index (χ1v) is 13.0. The van der Waals surface area contributed by atoms with E-state index in [9.17, 15) is 19.2 Å². The van der Waals surface area contributed by atoms with E-state index in [0.29, 0.717) is 29.9 Å². The largest absolute Gasteiger partial charge is 0.453 e. The van der Waals surface area contributed by atoms with Crippen molar-refractivity contribution in [3.05, 3.63) is 95.1 Å². The number of carbonyl (C=O) groups excluding carboxylic acids is 4. The highest BCUT2D eigenvalue weighted by atomic mass is 16.6. The van der Waals surface area contributed by atoms with E-state index in [-0.39, 0.29) is 18.9 Å². The number of rotatable bonds is 6. The van der Waals surface area contributed by atoms with Crippen molar-refractivity contribution in [1.29, 1.82) is 0 Å². The monoisotopic (exact) mass is 542 g/mol. The molecule has 2 aliphatic heterocycles. The predicted molar refractivity (Wildman–Crippen MR) is 148 cm³/mol. The second-order valence-corrected chi connectivity index (χ2v) is 9.98. The highest BCUT2D eigenvalue weighted by molar-refractivity contribution is 5.98. The Bertz CT molecular complexity index is 1440. The number of carbonyl (C=O) groups is 4. The van der Waals surface area contributed by atoms with Gasteiger partial charge in [0, 0.05) is 36.2 Å². The number of anilines is 2. The van der Waals surface area contributed by atoms with Gasteiger partial charge in [-0.05, 0) is 48.9 Å². The topological polar surface area (TPSA) is 126 Å². The van der Waals surface area contributed by atoms with Crippen LogP contribution in [-0.4, -0.2) is 55.1 Å². The molecule has 40 heavy (non-hydrogen) atoms. The summed E-state index contributed by atoms with van der Waals surface area (Å²) in [5.74, 6) is -0.691. The van der Waals surface area contributed by atoms with Gasteiger partial charge in [-0.25, -0.2) is 9.59 Å². The van der Waals surface area contributed by atoms with Crippen molar-refractivity contribution in [2.45, 2.75) is 31.4 Å². The molecule has 0 aromatic heterocycles. The van der Waals surface area contributed by atoms with Gasteiger partial charge in [-0.15, -0.1) is 0 Å². The summed E-state index contributed by atoms with van der Waals surface area (Å²) in [4.78, 5) is 52.6. The maximum absolute atomic E-state index is 13.9. The molecule has 3 aromatic rings. The van der Waals surface area contributed by atoms with Crippen LogP contribution in [0.4, 0.5) is 21.0 Å². The number of hydrogen-bond donors (Lipinski definition) is 3. The van der Waals surface area contributed by atoms with Crippen LogP contribution in [0, 0.1) is 6.92 Å². The van der Waals surface area contributed by atoms with Crippen LogP contribution in [0.3, 0.4) is 0 Å². The summed E-state index contributed by atoms with van der Waals surface area (Å²) >= 11 is 0. The van der Waals surface area contributed by atoms with E-state index in [1.54, 1.807) is 29.2 Å². The van der Waals surface area contributed by atoms with Crippen LogP contribution in [-0.2, 0) is 26.3 Å². The van der Waals surface area contributed by atoms with E-state index in [1.807, 2.05) is 55.5 Å². The lowest BCUT2D eigenvalue weighted by molar-refractivity contribution is -0.133. The number of fused-ring (bicyclic) bond motifs is 2.